The summed E-state index contributed by atoms with van der Waals surface area (Å²) in [5.74, 6) is 3.16. The predicted molar refractivity (Wildman–Crippen MR) is 77.9 cm³/mol. The fraction of sp³-hybridized carbons (Fsp3) is 0.333. The van der Waals surface area contributed by atoms with E-state index in [9.17, 15) is 0 Å². The van der Waals surface area contributed by atoms with Gasteiger partial charge < -0.3 is 19.2 Å². The number of ether oxygens (including phenoxy) is 2. The molecule has 0 saturated heterocycles. The van der Waals surface area contributed by atoms with Gasteiger partial charge in [-0.05, 0) is 26.0 Å². The summed E-state index contributed by atoms with van der Waals surface area (Å²) in [6.45, 7) is 5.05. The van der Waals surface area contributed by atoms with Crippen molar-refractivity contribution in [3.05, 3.63) is 40.8 Å². The van der Waals surface area contributed by atoms with E-state index < -0.39 is 0 Å². The quantitative estimate of drug-likeness (QED) is 0.922. The summed E-state index contributed by atoms with van der Waals surface area (Å²) in [5, 5.41) is 3.93. The summed E-state index contributed by atoms with van der Waals surface area (Å²) in [5.41, 5.74) is 0.803. The molecule has 1 unspecified atom stereocenters. The first-order valence-electron chi connectivity index (χ1n) is 6.55. The molecule has 0 saturated carbocycles. The van der Waals surface area contributed by atoms with Gasteiger partial charge in [-0.25, -0.2) is 0 Å². The summed E-state index contributed by atoms with van der Waals surface area (Å²) < 4.78 is 16.7. The number of benzene rings is 1. The maximum absolute atomic E-state index is 6.27. The number of rotatable bonds is 3. The number of halogens is 1. The second-order valence-electron chi connectivity index (χ2n) is 4.79. The van der Waals surface area contributed by atoms with Gasteiger partial charge in [-0.15, -0.1) is 0 Å². The molecule has 1 aromatic heterocycles. The summed E-state index contributed by atoms with van der Waals surface area (Å²) in [6, 6.07) is 7.56. The average molecular weight is 294 g/mol. The van der Waals surface area contributed by atoms with Crippen LogP contribution in [0, 0.1) is 6.92 Å². The van der Waals surface area contributed by atoms with Crippen LogP contribution in [0.25, 0.3) is 0 Å². The van der Waals surface area contributed by atoms with Crippen molar-refractivity contribution in [2.45, 2.75) is 19.9 Å². The van der Waals surface area contributed by atoms with Gasteiger partial charge in [0, 0.05) is 12.1 Å². The van der Waals surface area contributed by atoms with Gasteiger partial charge in [0.15, 0.2) is 11.5 Å². The van der Waals surface area contributed by atoms with Gasteiger partial charge in [0.1, 0.15) is 24.7 Å². The third kappa shape index (κ3) is 2.56. The fourth-order valence-corrected chi connectivity index (χ4v) is 2.37. The second-order valence-corrected chi connectivity index (χ2v) is 5.20. The molecule has 4 nitrogen and oxygen atoms in total. The standard InChI is InChI=1S/C15H16ClNO3/c1-9-3-4-13(20-9)10(2)17-12-8-15-14(7-11(12)16)18-5-6-19-15/h3-4,7-8,10,17H,5-6H2,1-2H3. The van der Waals surface area contributed by atoms with E-state index in [2.05, 4.69) is 5.32 Å². The lowest BCUT2D eigenvalue weighted by Crippen LogP contribution is -2.16. The first kappa shape index (κ1) is 13.2. The van der Waals surface area contributed by atoms with Crippen LogP contribution in [0.4, 0.5) is 5.69 Å². The van der Waals surface area contributed by atoms with E-state index in [1.165, 1.54) is 0 Å². The van der Waals surface area contributed by atoms with Crippen LogP contribution in [0.5, 0.6) is 11.5 Å². The number of nitrogens with one attached hydrogen (secondary N) is 1. The zero-order valence-corrected chi connectivity index (χ0v) is 12.2. The van der Waals surface area contributed by atoms with Gasteiger partial charge in [-0.3, -0.25) is 0 Å². The maximum atomic E-state index is 6.27. The Kier molecular flexibility index (Phi) is 3.49. The van der Waals surface area contributed by atoms with E-state index in [1.54, 1.807) is 6.07 Å². The Balaban J connectivity index is 1.83. The Bertz CT molecular complexity index is 624. The fourth-order valence-electron chi connectivity index (χ4n) is 2.17. The molecule has 20 heavy (non-hydrogen) atoms. The Hall–Kier alpha value is -1.81. The molecule has 3 rings (SSSR count). The molecule has 2 heterocycles. The Labute approximate surface area is 122 Å². The molecule has 1 aliphatic heterocycles. The molecule has 0 spiro atoms. The van der Waals surface area contributed by atoms with Crippen LogP contribution >= 0.6 is 11.6 Å². The molecule has 106 valence electrons. The minimum Gasteiger partial charge on any atom is -0.486 e. The molecule has 1 atom stereocenters. The predicted octanol–water partition coefficient (Wildman–Crippen LogP) is 4.19. The van der Waals surface area contributed by atoms with E-state index in [-0.39, 0.29) is 6.04 Å². The van der Waals surface area contributed by atoms with E-state index in [0.29, 0.717) is 29.7 Å². The van der Waals surface area contributed by atoms with Crippen LogP contribution in [0.15, 0.2) is 28.7 Å². The molecule has 2 aromatic rings. The summed E-state index contributed by atoms with van der Waals surface area (Å²) in [4.78, 5) is 0. The van der Waals surface area contributed by atoms with Crippen LogP contribution < -0.4 is 14.8 Å². The topological polar surface area (TPSA) is 43.6 Å². The lowest BCUT2D eigenvalue weighted by atomic mass is 10.2. The van der Waals surface area contributed by atoms with Crippen molar-refractivity contribution >= 4 is 17.3 Å². The minimum atomic E-state index is 0.0174. The van der Waals surface area contributed by atoms with Crippen LogP contribution in [0.2, 0.25) is 5.02 Å². The van der Waals surface area contributed by atoms with Gasteiger partial charge in [-0.2, -0.15) is 0 Å². The van der Waals surface area contributed by atoms with Crippen molar-refractivity contribution in [2.24, 2.45) is 0 Å². The zero-order valence-electron chi connectivity index (χ0n) is 11.4. The number of furan rings is 1. The smallest absolute Gasteiger partial charge is 0.163 e. The van der Waals surface area contributed by atoms with Crippen molar-refractivity contribution < 1.29 is 13.9 Å². The lowest BCUT2D eigenvalue weighted by Gasteiger charge is -2.21. The Morgan fingerprint density at radius 1 is 1.15 bits per heavy atom. The van der Waals surface area contributed by atoms with Gasteiger partial charge >= 0.3 is 0 Å². The first-order chi connectivity index (χ1) is 9.63. The van der Waals surface area contributed by atoms with Crippen molar-refractivity contribution in [3.8, 4) is 11.5 Å². The molecule has 0 aliphatic carbocycles. The summed E-state index contributed by atoms with van der Waals surface area (Å²) in [6.07, 6.45) is 0. The highest BCUT2D eigenvalue weighted by atomic mass is 35.5. The highest BCUT2D eigenvalue weighted by Gasteiger charge is 2.17. The lowest BCUT2D eigenvalue weighted by molar-refractivity contribution is 0.171. The molecule has 1 N–H and O–H groups in total. The molecule has 0 amide bonds. The van der Waals surface area contributed by atoms with Crippen LogP contribution in [-0.2, 0) is 0 Å². The minimum absolute atomic E-state index is 0.0174. The molecule has 0 radical (unpaired) electrons. The van der Waals surface area contributed by atoms with Crippen LogP contribution in [0.3, 0.4) is 0 Å². The molecule has 0 bridgehead atoms. The molecule has 5 heteroatoms. The SMILES string of the molecule is Cc1ccc(C(C)Nc2cc3c(cc2Cl)OCCO3)o1. The highest BCUT2D eigenvalue weighted by Crippen LogP contribution is 2.39. The molecule has 1 aromatic carbocycles. The van der Waals surface area contributed by atoms with E-state index in [0.717, 1.165) is 17.2 Å². The highest BCUT2D eigenvalue weighted by molar-refractivity contribution is 6.33. The van der Waals surface area contributed by atoms with Crippen molar-refractivity contribution in [1.82, 2.24) is 0 Å². The number of anilines is 1. The van der Waals surface area contributed by atoms with Gasteiger partial charge in [0.05, 0.1) is 16.8 Å². The third-order valence-corrected chi connectivity index (χ3v) is 3.50. The molecular formula is C15H16ClNO3. The normalized spacial score (nSPS) is 14.9. The number of hydrogen-bond donors (Lipinski definition) is 1. The van der Waals surface area contributed by atoms with Crippen molar-refractivity contribution in [3.63, 3.8) is 0 Å². The summed E-state index contributed by atoms with van der Waals surface area (Å²) >= 11 is 6.27. The maximum Gasteiger partial charge on any atom is 0.163 e. The second kappa shape index (κ2) is 5.29. The van der Waals surface area contributed by atoms with E-state index in [4.69, 9.17) is 25.5 Å². The molecule has 1 aliphatic rings. The number of fused-ring (bicyclic) bond motifs is 1. The van der Waals surface area contributed by atoms with Crippen molar-refractivity contribution in [1.29, 1.82) is 0 Å². The number of aryl methyl sites for hydroxylation is 1. The monoisotopic (exact) mass is 293 g/mol. The molecule has 0 fully saturated rings. The van der Waals surface area contributed by atoms with E-state index >= 15 is 0 Å². The van der Waals surface area contributed by atoms with Crippen LogP contribution in [0.1, 0.15) is 24.5 Å². The van der Waals surface area contributed by atoms with E-state index in [1.807, 2.05) is 32.0 Å². The van der Waals surface area contributed by atoms with Gasteiger partial charge in [0.25, 0.3) is 0 Å². The van der Waals surface area contributed by atoms with Gasteiger partial charge in [-0.1, -0.05) is 11.6 Å². The molecular weight excluding hydrogens is 278 g/mol. The van der Waals surface area contributed by atoms with Crippen molar-refractivity contribution in [2.75, 3.05) is 18.5 Å². The first-order valence-corrected chi connectivity index (χ1v) is 6.93. The summed E-state index contributed by atoms with van der Waals surface area (Å²) in [7, 11) is 0. The average Bonchev–Trinajstić information content (AvgIpc) is 2.86. The van der Waals surface area contributed by atoms with Gasteiger partial charge in [0.2, 0.25) is 0 Å². The van der Waals surface area contributed by atoms with Crippen LogP contribution in [-0.4, -0.2) is 13.2 Å². The zero-order chi connectivity index (χ0) is 14.1. The third-order valence-electron chi connectivity index (χ3n) is 3.19. The Morgan fingerprint density at radius 3 is 2.50 bits per heavy atom. The largest absolute Gasteiger partial charge is 0.486 e. The number of hydrogen-bond acceptors (Lipinski definition) is 4. The Morgan fingerprint density at radius 2 is 1.85 bits per heavy atom.